The molecule has 1 N–H and O–H groups in total. The Morgan fingerprint density at radius 2 is 2.12 bits per heavy atom. The van der Waals surface area contributed by atoms with Crippen LogP contribution < -0.4 is 5.32 Å². The molecule has 2 heterocycles. The highest BCUT2D eigenvalue weighted by molar-refractivity contribution is 5.93. The fraction of sp³-hybridized carbons (Fsp3) is 0.444. The van der Waals surface area contributed by atoms with Crippen LogP contribution in [0.15, 0.2) is 28.9 Å². The van der Waals surface area contributed by atoms with Crippen molar-refractivity contribution in [1.82, 2.24) is 9.88 Å². The lowest BCUT2D eigenvalue weighted by Crippen LogP contribution is -2.37. The van der Waals surface area contributed by atoms with Crippen LogP contribution in [0.2, 0.25) is 0 Å². The molecule has 2 aromatic heterocycles. The summed E-state index contributed by atoms with van der Waals surface area (Å²) in [6.45, 7) is 6.60. The first-order valence-corrected chi connectivity index (χ1v) is 8.10. The van der Waals surface area contributed by atoms with Gasteiger partial charge in [-0.3, -0.25) is 4.79 Å². The molecule has 25 heavy (non-hydrogen) atoms. The van der Waals surface area contributed by atoms with Crippen molar-refractivity contribution in [2.75, 3.05) is 20.3 Å². The molecule has 0 spiro atoms. The van der Waals surface area contributed by atoms with Crippen LogP contribution in [-0.4, -0.2) is 42.8 Å². The van der Waals surface area contributed by atoms with Gasteiger partial charge in [0.15, 0.2) is 6.10 Å². The fourth-order valence-electron chi connectivity index (χ4n) is 2.51. The van der Waals surface area contributed by atoms with Crippen molar-refractivity contribution < 1.29 is 23.5 Å². The Bertz CT molecular complexity index is 718. The third-order valence-electron chi connectivity index (χ3n) is 3.95. The maximum atomic E-state index is 12.4. The first-order chi connectivity index (χ1) is 11.9. The number of rotatable bonds is 8. The SMILES string of the molecule is COCCNC(=O)[C@H](C)OC(=O)c1cc(C)n(Cc2ccco2)c1C. The molecule has 0 saturated carbocycles. The summed E-state index contributed by atoms with van der Waals surface area (Å²) >= 11 is 0. The number of aryl methyl sites for hydroxylation is 1. The van der Waals surface area contributed by atoms with Gasteiger partial charge < -0.3 is 23.8 Å². The number of ether oxygens (including phenoxy) is 2. The topological polar surface area (TPSA) is 82.7 Å². The molecule has 1 atom stereocenters. The van der Waals surface area contributed by atoms with Gasteiger partial charge in [-0.2, -0.15) is 0 Å². The number of furan rings is 1. The summed E-state index contributed by atoms with van der Waals surface area (Å²) in [6.07, 6.45) is 0.736. The molecule has 0 aliphatic rings. The van der Waals surface area contributed by atoms with Gasteiger partial charge in [0.05, 0.1) is 25.0 Å². The fourth-order valence-corrected chi connectivity index (χ4v) is 2.51. The molecule has 0 aliphatic heterocycles. The number of methoxy groups -OCH3 is 1. The van der Waals surface area contributed by atoms with Crippen LogP contribution in [-0.2, 0) is 20.8 Å². The quantitative estimate of drug-likeness (QED) is 0.583. The van der Waals surface area contributed by atoms with Crippen molar-refractivity contribution in [3.63, 3.8) is 0 Å². The number of carbonyl (C=O) groups excluding carboxylic acids is 2. The first kappa shape index (κ1) is 18.8. The van der Waals surface area contributed by atoms with E-state index in [0.717, 1.165) is 17.1 Å². The van der Waals surface area contributed by atoms with Crippen molar-refractivity contribution in [1.29, 1.82) is 0 Å². The van der Waals surface area contributed by atoms with E-state index in [-0.39, 0.29) is 5.91 Å². The molecule has 0 saturated heterocycles. The molecule has 0 fully saturated rings. The van der Waals surface area contributed by atoms with Gasteiger partial charge in [0.1, 0.15) is 5.76 Å². The summed E-state index contributed by atoms with van der Waals surface area (Å²) in [7, 11) is 1.55. The van der Waals surface area contributed by atoms with E-state index in [2.05, 4.69) is 5.32 Å². The average Bonchev–Trinajstić information content (AvgIpc) is 3.18. The summed E-state index contributed by atoms with van der Waals surface area (Å²) in [5, 5.41) is 2.64. The van der Waals surface area contributed by atoms with Crippen LogP contribution in [0.25, 0.3) is 0 Å². The highest BCUT2D eigenvalue weighted by atomic mass is 16.5. The number of aromatic nitrogens is 1. The maximum absolute atomic E-state index is 12.4. The van der Waals surface area contributed by atoms with Gasteiger partial charge in [0.25, 0.3) is 5.91 Å². The van der Waals surface area contributed by atoms with E-state index in [1.54, 1.807) is 26.4 Å². The van der Waals surface area contributed by atoms with Crippen LogP contribution in [0.5, 0.6) is 0 Å². The number of carbonyl (C=O) groups is 2. The zero-order valence-electron chi connectivity index (χ0n) is 15.0. The van der Waals surface area contributed by atoms with Crippen molar-refractivity contribution in [3.8, 4) is 0 Å². The minimum Gasteiger partial charge on any atom is -0.467 e. The average molecular weight is 348 g/mol. The van der Waals surface area contributed by atoms with Crippen molar-refractivity contribution in [3.05, 3.63) is 47.2 Å². The molecule has 0 bridgehead atoms. The molecule has 0 aromatic carbocycles. The van der Waals surface area contributed by atoms with Crippen molar-refractivity contribution >= 4 is 11.9 Å². The van der Waals surface area contributed by atoms with Crippen LogP contribution in [0.4, 0.5) is 0 Å². The number of nitrogens with zero attached hydrogens (tertiary/aromatic N) is 1. The maximum Gasteiger partial charge on any atom is 0.340 e. The largest absolute Gasteiger partial charge is 0.467 e. The Labute approximate surface area is 146 Å². The molecule has 2 rings (SSSR count). The molecule has 136 valence electrons. The van der Waals surface area contributed by atoms with Gasteiger partial charge in [-0.25, -0.2) is 4.79 Å². The molecule has 7 heteroatoms. The summed E-state index contributed by atoms with van der Waals surface area (Å²) < 4.78 is 17.5. The second-order valence-electron chi connectivity index (χ2n) is 5.78. The number of amides is 1. The Balaban J connectivity index is 2.03. The highest BCUT2D eigenvalue weighted by Gasteiger charge is 2.22. The van der Waals surface area contributed by atoms with Crippen molar-refractivity contribution in [2.45, 2.75) is 33.4 Å². The number of esters is 1. The molecule has 7 nitrogen and oxygen atoms in total. The molecule has 1 amide bonds. The van der Waals surface area contributed by atoms with Crippen LogP contribution in [0, 0.1) is 13.8 Å². The normalized spacial score (nSPS) is 12.0. The number of hydrogen-bond donors (Lipinski definition) is 1. The van der Waals surface area contributed by atoms with Crippen LogP contribution >= 0.6 is 0 Å². The predicted octanol–water partition coefficient (Wildman–Crippen LogP) is 2.05. The highest BCUT2D eigenvalue weighted by Crippen LogP contribution is 2.19. The predicted molar refractivity (Wildman–Crippen MR) is 91.5 cm³/mol. The van der Waals surface area contributed by atoms with E-state index in [0.29, 0.717) is 25.3 Å². The summed E-state index contributed by atoms with van der Waals surface area (Å²) in [6, 6.07) is 5.46. The minimum atomic E-state index is -0.877. The van der Waals surface area contributed by atoms with E-state index in [9.17, 15) is 9.59 Å². The van der Waals surface area contributed by atoms with E-state index in [4.69, 9.17) is 13.9 Å². The zero-order valence-corrected chi connectivity index (χ0v) is 15.0. The van der Waals surface area contributed by atoms with Gasteiger partial charge in [0, 0.05) is 25.0 Å². The van der Waals surface area contributed by atoms with E-state index in [1.165, 1.54) is 0 Å². The van der Waals surface area contributed by atoms with Gasteiger partial charge in [-0.05, 0) is 39.0 Å². The molecule has 0 unspecified atom stereocenters. The van der Waals surface area contributed by atoms with Crippen LogP contribution in [0.1, 0.15) is 34.4 Å². The van der Waals surface area contributed by atoms with E-state index < -0.39 is 12.1 Å². The lowest BCUT2D eigenvalue weighted by Gasteiger charge is -2.13. The molecular formula is C18H24N2O5. The Morgan fingerprint density at radius 3 is 2.76 bits per heavy atom. The minimum absolute atomic E-state index is 0.352. The summed E-state index contributed by atoms with van der Waals surface area (Å²) in [5.74, 6) is -0.0735. The third kappa shape index (κ3) is 4.73. The summed E-state index contributed by atoms with van der Waals surface area (Å²) in [5.41, 5.74) is 2.13. The Kier molecular flexibility index (Phi) is 6.41. The van der Waals surface area contributed by atoms with Crippen molar-refractivity contribution in [2.24, 2.45) is 0 Å². The summed E-state index contributed by atoms with van der Waals surface area (Å²) in [4.78, 5) is 24.3. The van der Waals surface area contributed by atoms with Gasteiger partial charge in [-0.1, -0.05) is 0 Å². The lowest BCUT2D eigenvalue weighted by molar-refractivity contribution is -0.129. The molecule has 2 aromatic rings. The first-order valence-electron chi connectivity index (χ1n) is 8.10. The zero-order chi connectivity index (χ0) is 18.4. The van der Waals surface area contributed by atoms with Crippen LogP contribution in [0.3, 0.4) is 0 Å². The standard InChI is InChI=1S/C18H24N2O5/c1-12-10-16(13(2)20(12)11-15-6-5-8-24-15)18(22)25-14(3)17(21)19-7-9-23-4/h5-6,8,10,14H,7,9,11H2,1-4H3,(H,19,21)/t14-/m0/s1. The Morgan fingerprint density at radius 1 is 1.36 bits per heavy atom. The number of nitrogens with one attached hydrogen (secondary N) is 1. The third-order valence-corrected chi connectivity index (χ3v) is 3.95. The van der Waals surface area contributed by atoms with E-state index in [1.807, 2.05) is 30.5 Å². The molecule has 0 aliphatic carbocycles. The second kappa shape index (κ2) is 8.53. The van der Waals surface area contributed by atoms with Gasteiger partial charge >= 0.3 is 5.97 Å². The van der Waals surface area contributed by atoms with Gasteiger partial charge in [0.2, 0.25) is 0 Å². The smallest absolute Gasteiger partial charge is 0.340 e. The number of hydrogen-bond acceptors (Lipinski definition) is 5. The monoisotopic (exact) mass is 348 g/mol. The lowest BCUT2D eigenvalue weighted by atomic mass is 10.2. The molecule has 0 radical (unpaired) electrons. The Hall–Kier alpha value is -2.54. The second-order valence-corrected chi connectivity index (χ2v) is 5.78. The van der Waals surface area contributed by atoms with E-state index >= 15 is 0 Å². The van der Waals surface area contributed by atoms with Gasteiger partial charge in [-0.15, -0.1) is 0 Å². The molecular weight excluding hydrogens is 324 g/mol.